The SMILES string of the molecule is COc1nc(-c2nc(CC(N)=O)nn2Cc2ccccc2)nn1C. The molecule has 0 spiro atoms. The molecule has 3 rings (SSSR count). The molecule has 2 heterocycles. The zero-order valence-corrected chi connectivity index (χ0v) is 13.4. The molecular weight excluding hydrogens is 310 g/mol. The van der Waals surface area contributed by atoms with E-state index in [1.165, 1.54) is 11.8 Å². The predicted octanol–water partition coefficient (Wildman–Crippen LogP) is 0.158. The molecule has 124 valence electrons. The van der Waals surface area contributed by atoms with Crippen molar-refractivity contribution in [2.75, 3.05) is 7.11 Å². The number of ether oxygens (including phenoxy) is 1. The van der Waals surface area contributed by atoms with Crippen molar-refractivity contribution in [3.05, 3.63) is 41.7 Å². The maximum Gasteiger partial charge on any atom is 0.314 e. The van der Waals surface area contributed by atoms with Crippen LogP contribution in [0.4, 0.5) is 0 Å². The zero-order chi connectivity index (χ0) is 17.1. The summed E-state index contributed by atoms with van der Waals surface area (Å²) in [7, 11) is 3.23. The quantitative estimate of drug-likeness (QED) is 0.690. The molecule has 1 amide bonds. The van der Waals surface area contributed by atoms with E-state index in [1.807, 2.05) is 30.3 Å². The number of carbonyl (C=O) groups is 1. The minimum atomic E-state index is -0.495. The average Bonchev–Trinajstić information content (AvgIpc) is 3.11. The molecule has 9 heteroatoms. The van der Waals surface area contributed by atoms with Crippen molar-refractivity contribution in [2.24, 2.45) is 12.8 Å². The number of rotatable bonds is 6. The lowest BCUT2D eigenvalue weighted by Gasteiger charge is -2.03. The molecule has 0 aliphatic carbocycles. The molecule has 0 saturated heterocycles. The van der Waals surface area contributed by atoms with Gasteiger partial charge in [-0.05, 0) is 5.56 Å². The number of aromatic nitrogens is 6. The number of hydrogen-bond donors (Lipinski definition) is 1. The molecule has 0 aliphatic heterocycles. The van der Waals surface area contributed by atoms with Crippen LogP contribution in [0.5, 0.6) is 6.01 Å². The number of benzene rings is 1. The van der Waals surface area contributed by atoms with Gasteiger partial charge in [0, 0.05) is 7.05 Å². The van der Waals surface area contributed by atoms with Crippen LogP contribution in [-0.4, -0.2) is 42.5 Å². The molecule has 0 bridgehead atoms. The van der Waals surface area contributed by atoms with E-state index in [1.54, 1.807) is 11.7 Å². The Morgan fingerprint density at radius 2 is 1.96 bits per heavy atom. The number of nitrogens with zero attached hydrogens (tertiary/aromatic N) is 6. The van der Waals surface area contributed by atoms with E-state index >= 15 is 0 Å². The largest absolute Gasteiger partial charge is 0.467 e. The summed E-state index contributed by atoms with van der Waals surface area (Å²) >= 11 is 0. The Balaban J connectivity index is 2.01. The third-order valence-electron chi connectivity index (χ3n) is 3.33. The van der Waals surface area contributed by atoms with Crippen LogP contribution in [0.15, 0.2) is 30.3 Å². The zero-order valence-electron chi connectivity index (χ0n) is 13.4. The number of nitrogens with two attached hydrogens (primary N) is 1. The van der Waals surface area contributed by atoms with Crippen molar-refractivity contribution in [1.82, 2.24) is 29.5 Å². The Hall–Kier alpha value is -3.23. The monoisotopic (exact) mass is 327 g/mol. The highest BCUT2D eigenvalue weighted by atomic mass is 16.5. The van der Waals surface area contributed by atoms with Gasteiger partial charge in [-0.3, -0.25) is 4.79 Å². The fraction of sp³-hybridized carbons (Fsp3) is 0.267. The molecule has 2 aromatic heterocycles. The number of aryl methyl sites for hydroxylation is 1. The molecule has 9 nitrogen and oxygen atoms in total. The van der Waals surface area contributed by atoms with Crippen LogP contribution in [0.3, 0.4) is 0 Å². The van der Waals surface area contributed by atoms with Gasteiger partial charge in [0.25, 0.3) is 0 Å². The smallest absolute Gasteiger partial charge is 0.314 e. The molecule has 0 fully saturated rings. The Morgan fingerprint density at radius 1 is 1.21 bits per heavy atom. The van der Waals surface area contributed by atoms with Gasteiger partial charge in [-0.25, -0.2) is 14.3 Å². The maximum atomic E-state index is 11.2. The molecule has 3 aromatic rings. The highest BCUT2D eigenvalue weighted by Crippen LogP contribution is 2.18. The molecule has 24 heavy (non-hydrogen) atoms. The third-order valence-corrected chi connectivity index (χ3v) is 3.33. The molecule has 0 aliphatic rings. The Kier molecular flexibility index (Phi) is 4.23. The summed E-state index contributed by atoms with van der Waals surface area (Å²) in [6.45, 7) is 0.475. The van der Waals surface area contributed by atoms with Gasteiger partial charge in [0.15, 0.2) is 11.6 Å². The number of amides is 1. The molecule has 0 saturated carbocycles. The van der Waals surface area contributed by atoms with E-state index in [0.717, 1.165) is 5.56 Å². The average molecular weight is 327 g/mol. The van der Waals surface area contributed by atoms with Crippen molar-refractivity contribution >= 4 is 5.91 Å². The summed E-state index contributed by atoms with van der Waals surface area (Å²) < 4.78 is 8.29. The first-order valence-corrected chi connectivity index (χ1v) is 7.28. The first kappa shape index (κ1) is 15.7. The first-order chi connectivity index (χ1) is 11.6. The number of primary amides is 1. The highest BCUT2D eigenvalue weighted by molar-refractivity contribution is 5.75. The van der Waals surface area contributed by atoms with Crippen molar-refractivity contribution in [3.8, 4) is 17.7 Å². The Morgan fingerprint density at radius 3 is 2.58 bits per heavy atom. The van der Waals surface area contributed by atoms with E-state index in [2.05, 4.69) is 20.2 Å². The second-order valence-corrected chi connectivity index (χ2v) is 5.18. The fourth-order valence-electron chi connectivity index (χ4n) is 2.29. The van der Waals surface area contributed by atoms with E-state index in [4.69, 9.17) is 10.5 Å². The fourth-order valence-corrected chi connectivity index (χ4v) is 2.29. The normalized spacial score (nSPS) is 10.8. The van der Waals surface area contributed by atoms with Crippen LogP contribution >= 0.6 is 0 Å². The third kappa shape index (κ3) is 3.24. The molecule has 1 aromatic carbocycles. The van der Waals surface area contributed by atoms with Crippen LogP contribution in [0.1, 0.15) is 11.4 Å². The lowest BCUT2D eigenvalue weighted by atomic mass is 10.2. The van der Waals surface area contributed by atoms with Crippen LogP contribution in [0.2, 0.25) is 0 Å². The number of methoxy groups -OCH3 is 1. The van der Waals surface area contributed by atoms with E-state index in [0.29, 0.717) is 30.0 Å². The van der Waals surface area contributed by atoms with Gasteiger partial charge in [0.2, 0.25) is 11.7 Å². The van der Waals surface area contributed by atoms with Gasteiger partial charge in [-0.2, -0.15) is 10.1 Å². The van der Waals surface area contributed by atoms with Gasteiger partial charge >= 0.3 is 6.01 Å². The molecule has 0 unspecified atom stereocenters. The molecule has 2 N–H and O–H groups in total. The summed E-state index contributed by atoms with van der Waals surface area (Å²) in [6, 6.07) is 10.1. The van der Waals surface area contributed by atoms with Gasteiger partial charge < -0.3 is 10.5 Å². The van der Waals surface area contributed by atoms with Crippen molar-refractivity contribution in [2.45, 2.75) is 13.0 Å². The van der Waals surface area contributed by atoms with E-state index in [9.17, 15) is 4.79 Å². The van der Waals surface area contributed by atoms with Crippen LogP contribution < -0.4 is 10.5 Å². The van der Waals surface area contributed by atoms with Gasteiger partial charge in [-0.1, -0.05) is 30.3 Å². The second kappa shape index (κ2) is 6.49. The van der Waals surface area contributed by atoms with Crippen LogP contribution in [0.25, 0.3) is 11.6 Å². The van der Waals surface area contributed by atoms with E-state index < -0.39 is 5.91 Å². The summed E-state index contributed by atoms with van der Waals surface area (Å²) in [6.07, 6.45) is -0.0429. The summed E-state index contributed by atoms with van der Waals surface area (Å²) in [5.41, 5.74) is 6.28. The summed E-state index contributed by atoms with van der Waals surface area (Å²) in [5, 5.41) is 8.65. The lowest BCUT2D eigenvalue weighted by Crippen LogP contribution is -2.15. The van der Waals surface area contributed by atoms with Gasteiger partial charge in [-0.15, -0.1) is 5.10 Å². The molecule has 0 radical (unpaired) electrons. The van der Waals surface area contributed by atoms with E-state index in [-0.39, 0.29) is 6.42 Å². The summed E-state index contributed by atoms with van der Waals surface area (Å²) in [4.78, 5) is 19.8. The number of carbonyl (C=O) groups excluding carboxylic acids is 1. The molecular formula is C15H17N7O2. The van der Waals surface area contributed by atoms with Gasteiger partial charge in [0.1, 0.15) is 0 Å². The van der Waals surface area contributed by atoms with Crippen molar-refractivity contribution in [3.63, 3.8) is 0 Å². The topological polar surface area (TPSA) is 114 Å². The van der Waals surface area contributed by atoms with Crippen molar-refractivity contribution in [1.29, 1.82) is 0 Å². The maximum absolute atomic E-state index is 11.2. The standard InChI is InChI=1S/C15H17N7O2/c1-21-15(24-2)18-13(20-21)14-17-12(8-11(16)23)19-22(14)9-10-6-4-3-5-7-10/h3-7H,8-9H2,1-2H3,(H2,16,23). The Labute approximate surface area is 138 Å². The van der Waals surface area contributed by atoms with Crippen LogP contribution in [0, 0.1) is 0 Å². The predicted molar refractivity (Wildman–Crippen MR) is 85.0 cm³/mol. The second-order valence-electron chi connectivity index (χ2n) is 5.18. The first-order valence-electron chi connectivity index (χ1n) is 7.28. The minimum Gasteiger partial charge on any atom is -0.467 e. The Bertz CT molecular complexity index is 854. The molecule has 0 atom stereocenters. The van der Waals surface area contributed by atoms with Crippen molar-refractivity contribution < 1.29 is 9.53 Å². The van der Waals surface area contributed by atoms with Gasteiger partial charge in [0.05, 0.1) is 20.1 Å². The number of hydrogen-bond acceptors (Lipinski definition) is 6. The highest BCUT2D eigenvalue weighted by Gasteiger charge is 2.19. The lowest BCUT2D eigenvalue weighted by molar-refractivity contribution is -0.117. The summed E-state index contributed by atoms with van der Waals surface area (Å²) in [5.74, 6) is 0.660. The van der Waals surface area contributed by atoms with Crippen LogP contribution in [-0.2, 0) is 24.8 Å². The minimum absolute atomic E-state index is 0.0429.